The fraction of sp³-hybridized carbons (Fsp3) is 0.371. The Morgan fingerprint density at radius 2 is 1.70 bits per heavy atom. The normalized spacial score (nSPS) is 16.3. The van der Waals surface area contributed by atoms with Gasteiger partial charge in [0.05, 0.1) is 19.1 Å². The molecular formula is C35H39N5O4S2. The number of pyridine rings is 1. The molecule has 3 aromatic rings. The van der Waals surface area contributed by atoms with Crippen LogP contribution in [-0.2, 0) is 24.3 Å². The van der Waals surface area contributed by atoms with Gasteiger partial charge in [0.1, 0.15) is 21.8 Å². The van der Waals surface area contributed by atoms with Crippen molar-refractivity contribution in [1.82, 2.24) is 14.4 Å². The van der Waals surface area contributed by atoms with Gasteiger partial charge in [0, 0.05) is 51.4 Å². The first-order chi connectivity index (χ1) is 22.3. The molecule has 0 spiro atoms. The van der Waals surface area contributed by atoms with Crippen molar-refractivity contribution in [3.8, 4) is 17.6 Å². The Kier molecular flexibility index (Phi) is 10.8. The predicted molar refractivity (Wildman–Crippen MR) is 188 cm³/mol. The van der Waals surface area contributed by atoms with Crippen LogP contribution in [0.15, 0.2) is 58.2 Å². The number of thioether (sulfide) groups is 1. The van der Waals surface area contributed by atoms with Crippen molar-refractivity contribution in [2.24, 2.45) is 0 Å². The van der Waals surface area contributed by atoms with Gasteiger partial charge in [0.25, 0.3) is 11.5 Å². The number of rotatable bonds is 11. The van der Waals surface area contributed by atoms with Crippen molar-refractivity contribution in [2.45, 2.75) is 39.8 Å². The lowest BCUT2D eigenvalue weighted by Gasteiger charge is -2.38. The number of nitriles is 1. The zero-order valence-corrected chi connectivity index (χ0v) is 28.4. The highest BCUT2D eigenvalue weighted by Crippen LogP contribution is 2.36. The van der Waals surface area contributed by atoms with Crippen molar-refractivity contribution in [1.29, 1.82) is 5.26 Å². The van der Waals surface area contributed by atoms with Gasteiger partial charge in [-0.25, -0.2) is 0 Å². The lowest BCUT2D eigenvalue weighted by atomic mass is 10.0. The van der Waals surface area contributed by atoms with Crippen LogP contribution < -0.4 is 19.9 Å². The molecule has 1 aromatic heterocycles. The van der Waals surface area contributed by atoms with Crippen molar-refractivity contribution in [3.05, 3.63) is 91.6 Å². The smallest absolute Gasteiger partial charge is 0.270 e. The zero-order chi connectivity index (χ0) is 32.8. The average molecular weight is 658 g/mol. The molecule has 2 aliphatic rings. The number of ether oxygens (including phenoxy) is 2. The van der Waals surface area contributed by atoms with Crippen molar-refractivity contribution in [2.75, 3.05) is 51.8 Å². The third kappa shape index (κ3) is 6.99. The number of methoxy groups -OCH3 is 2. The van der Waals surface area contributed by atoms with E-state index in [4.69, 9.17) is 21.7 Å². The fourth-order valence-corrected chi connectivity index (χ4v) is 7.27. The zero-order valence-electron chi connectivity index (χ0n) is 26.7. The summed E-state index contributed by atoms with van der Waals surface area (Å²) < 4.78 is 13.0. The van der Waals surface area contributed by atoms with Crippen LogP contribution >= 0.6 is 24.0 Å². The van der Waals surface area contributed by atoms with Gasteiger partial charge in [0.2, 0.25) is 0 Å². The molecule has 0 radical (unpaired) electrons. The van der Waals surface area contributed by atoms with Gasteiger partial charge in [0.15, 0.2) is 11.5 Å². The molecule has 240 valence electrons. The number of aromatic nitrogens is 1. The molecule has 0 saturated carbocycles. The van der Waals surface area contributed by atoms with E-state index in [0.29, 0.717) is 58.9 Å². The Labute approximate surface area is 280 Å². The number of thiocarbonyl (C=S) groups is 1. The highest BCUT2D eigenvalue weighted by atomic mass is 32.2. The quantitative estimate of drug-likeness (QED) is 0.203. The SMILES string of the molecule is CCCn1c(N2CCN(Cc3ccccc3)CC2)c(/C=C2\SC(=S)N(CCc3ccc(OC)c(OC)c3)C2=O)c(C)c(C#N)c1=O. The van der Waals surface area contributed by atoms with Crippen LogP contribution in [-0.4, -0.2) is 71.5 Å². The van der Waals surface area contributed by atoms with Gasteiger partial charge in [-0.3, -0.25) is 24.0 Å². The van der Waals surface area contributed by atoms with Crippen LogP contribution in [0, 0.1) is 18.3 Å². The van der Waals surface area contributed by atoms with Crippen LogP contribution in [0.25, 0.3) is 6.08 Å². The summed E-state index contributed by atoms with van der Waals surface area (Å²) in [6.45, 7) is 8.65. The van der Waals surface area contributed by atoms with Gasteiger partial charge in [-0.15, -0.1) is 0 Å². The molecule has 2 fully saturated rings. The maximum absolute atomic E-state index is 13.8. The lowest BCUT2D eigenvalue weighted by Crippen LogP contribution is -2.48. The molecule has 2 aliphatic heterocycles. The third-order valence-electron chi connectivity index (χ3n) is 8.44. The molecule has 0 N–H and O–H groups in total. The second kappa shape index (κ2) is 15.0. The maximum atomic E-state index is 13.8. The molecule has 46 heavy (non-hydrogen) atoms. The summed E-state index contributed by atoms with van der Waals surface area (Å²) in [5, 5.41) is 10.0. The van der Waals surface area contributed by atoms with E-state index in [9.17, 15) is 14.9 Å². The monoisotopic (exact) mass is 657 g/mol. The highest BCUT2D eigenvalue weighted by Gasteiger charge is 2.33. The molecular weight excluding hydrogens is 619 g/mol. The van der Waals surface area contributed by atoms with Gasteiger partial charge < -0.3 is 14.4 Å². The van der Waals surface area contributed by atoms with E-state index >= 15 is 0 Å². The van der Waals surface area contributed by atoms with E-state index in [-0.39, 0.29) is 17.0 Å². The molecule has 0 unspecified atom stereocenters. The van der Waals surface area contributed by atoms with Gasteiger partial charge in [-0.1, -0.05) is 67.3 Å². The number of carbonyl (C=O) groups excluding carboxylic acids is 1. The first kappa shape index (κ1) is 33.3. The number of carbonyl (C=O) groups is 1. The van der Waals surface area contributed by atoms with Crippen LogP contribution in [0.5, 0.6) is 11.5 Å². The summed E-state index contributed by atoms with van der Waals surface area (Å²) >= 11 is 6.92. The summed E-state index contributed by atoms with van der Waals surface area (Å²) in [4.78, 5) is 34.1. The molecule has 0 bridgehead atoms. The number of benzene rings is 2. The molecule has 9 nitrogen and oxygen atoms in total. The standard InChI is InChI=1S/C35H39N5O4S2/c1-5-14-39-32(38-18-16-37(17-19-38)23-26-9-7-6-8-10-26)27(24(2)28(22-36)33(39)41)21-31-34(42)40(35(45)46-31)15-13-25-11-12-29(43-3)30(20-25)44-4/h6-12,20-21H,5,13-19,23H2,1-4H3/b31-21-. The summed E-state index contributed by atoms with van der Waals surface area (Å²) in [7, 11) is 3.19. The van der Waals surface area contributed by atoms with Crippen molar-refractivity contribution < 1.29 is 14.3 Å². The van der Waals surface area contributed by atoms with Gasteiger partial charge in [-0.2, -0.15) is 5.26 Å². The Morgan fingerprint density at radius 1 is 0.978 bits per heavy atom. The summed E-state index contributed by atoms with van der Waals surface area (Å²) in [5.41, 5.74) is 3.38. The van der Waals surface area contributed by atoms with Gasteiger partial charge in [-0.05, 0) is 54.7 Å². The molecule has 0 atom stereocenters. The van der Waals surface area contributed by atoms with Gasteiger partial charge >= 0.3 is 0 Å². The third-order valence-corrected chi connectivity index (χ3v) is 9.81. The minimum atomic E-state index is -0.289. The minimum absolute atomic E-state index is 0.107. The topological polar surface area (TPSA) is 91.0 Å². The number of amides is 1. The first-order valence-corrected chi connectivity index (χ1v) is 16.7. The van der Waals surface area contributed by atoms with E-state index in [1.165, 1.54) is 17.3 Å². The molecule has 2 aromatic carbocycles. The molecule has 0 aliphatic carbocycles. The molecule has 5 rings (SSSR count). The van der Waals surface area contributed by atoms with E-state index < -0.39 is 0 Å². The van der Waals surface area contributed by atoms with E-state index in [2.05, 4.69) is 40.1 Å². The first-order valence-electron chi connectivity index (χ1n) is 15.4. The van der Waals surface area contributed by atoms with Crippen LogP contribution in [0.2, 0.25) is 0 Å². The Bertz CT molecular complexity index is 1740. The maximum Gasteiger partial charge on any atom is 0.270 e. The van der Waals surface area contributed by atoms with Crippen molar-refractivity contribution in [3.63, 3.8) is 0 Å². The summed E-state index contributed by atoms with van der Waals surface area (Å²) in [6, 6.07) is 18.2. The largest absolute Gasteiger partial charge is 0.493 e. The molecule has 3 heterocycles. The van der Waals surface area contributed by atoms with E-state index in [1.807, 2.05) is 37.3 Å². The summed E-state index contributed by atoms with van der Waals surface area (Å²) in [5.74, 6) is 1.85. The number of anilines is 1. The van der Waals surface area contributed by atoms with Crippen molar-refractivity contribution >= 4 is 46.1 Å². The molecule has 11 heteroatoms. The van der Waals surface area contributed by atoms with Crippen LogP contribution in [0.3, 0.4) is 0 Å². The number of hydrogen-bond donors (Lipinski definition) is 0. The summed E-state index contributed by atoms with van der Waals surface area (Å²) in [6.07, 6.45) is 3.15. The van der Waals surface area contributed by atoms with E-state index in [0.717, 1.165) is 43.0 Å². The average Bonchev–Trinajstić information content (AvgIpc) is 3.34. The second-order valence-corrected chi connectivity index (χ2v) is 13.0. The minimum Gasteiger partial charge on any atom is -0.493 e. The van der Waals surface area contributed by atoms with E-state index in [1.54, 1.807) is 30.6 Å². The molecule has 1 amide bonds. The fourth-order valence-electron chi connectivity index (χ4n) is 5.98. The Hall–Kier alpha value is -4.11. The second-order valence-electron chi connectivity index (χ2n) is 11.3. The van der Waals surface area contributed by atoms with Crippen LogP contribution in [0.4, 0.5) is 5.82 Å². The Balaban J connectivity index is 1.44. The predicted octanol–water partition coefficient (Wildman–Crippen LogP) is 5.22. The number of hydrogen-bond acceptors (Lipinski definition) is 9. The Morgan fingerprint density at radius 3 is 2.35 bits per heavy atom. The lowest BCUT2D eigenvalue weighted by molar-refractivity contribution is -0.122. The highest BCUT2D eigenvalue weighted by molar-refractivity contribution is 8.26. The number of nitrogens with zero attached hydrogens (tertiary/aromatic N) is 5. The number of piperazine rings is 1. The van der Waals surface area contributed by atoms with Crippen LogP contribution in [0.1, 0.15) is 41.2 Å². The molecule has 2 saturated heterocycles.